The second-order valence-corrected chi connectivity index (χ2v) is 5.94. The minimum Gasteiger partial charge on any atom is -0.397 e. The van der Waals surface area contributed by atoms with Crippen LogP contribution in [-0.2, 0) is 16.6 Å². The van der Waals surface area contributed by atoms with Gasteiger partial charge < -0.3 is 11.1 Å². The van der Waals surface area contributed by atoms with Gasteiger partial charge in [0.2, 0.25) is 10.0 Å². The normalized spacial score (nSPS) is 11.4. The molecule has 2 aromatic rings. The van der Waals surface area contributed by atoms with Gasteiger partial charge >= 0.3 is 0 Å². The van der Waals surface area contributed by atoms with Crippen molar-refractivity contribution in [1.82, 2.24) is 0 Å². The van der Waals surface area contributed by atoms with E-state index in [-0.39, 0.29) is 28.4 Å². The zero-order valence-corrected chi connectivity index (χ0v) is 11.6. The highest BCUT2D eigenvalue weighted by Gasteiger charge is 2.11. The first-order valence-corrected chi connectivity index (χ1v) is 7.42. The predicted molar refractivity (Wildman–Crippen MR) is 75.9 cm³/mol. The van der Waals surface area contributed by atoms with Crippen LogP contribution in [0.25, 0.3) is 0 Å². The molecule has 112 valence electrons. The largest absolute Gasteiger partial charge is 0.397 e. The summed E-state index contributed by atoms with van der Waals surface area (Å²) in [6.07, 6.45) is 0. The van der Waals surface area contributed by atoms with Crippen LogP contribution in [0.15, 0.2) is 41.3 Å². The Bertz CT molecular complexity index is 779. The van der Waals surface area contributed by atoms with Gasteiger partial charge in [0, 0.05) is 12.1 Å². The highest BCUT2D eigenvalue weighted by atomic mass is 32.2. The summed E-state index contributed by atoms with van der Waals surface area (Å²) in [5.74, 6) is -1.15. The van der Waals surface area contributed by atoms with Crippen LogP contribution >= 0.6 is 0 Å². The topological polar surface area (TPSA) is 98.2 Å². The van der Waals surface area contributed by atoms with Gasteiger partial charge in [-0.25, -0.2) is 22.3 Å². The fourth-order valence-corrected chi connectivity index (χ4v) is 2.27. The predicted octanol–water partition coefficient (Wildman–Crippen LogP) is 1.81. The number of nitrogens with two attached hydrogens (primary N) is 2. The number of nitrogen functional groups attached to an aromatic ring is 1. The smallest absolute Gasteiger partial charge is 0.238 e. The average molecular weight is 313 g/mol. The standard InChI is InChI=1S/C13H13F2N3O2S/c14-9-1-3-11(15)8(5-9)7-18-13-6-10(21(17,19)20)2-4-12(13)16/h1-6,18H,7,16H2,(H2,17,19,20). The summed E-state index contributed by atoms with van der Waals surface area (Å²) in [4.78, 5) is -0.126. The molecule has 0 radical (unpaired) electrons. The quantitative estimate of drug-likeness (QED) is 0.750. The molecular formula is C13H13F2N3O2S. The molecule has 0 fully saturated rings. The summed E-state index contributed by atoms with van der Waals surface area (Å²) in [5, 5.41) is 7.78. The van der Waals surface area contributed by atoms with Gasteiger partial charge in [-0.1, -0.05) is 0 Å². The molecule has 0 saturated carbocycles. The Kier molecular flexibility index (Phi) is 4.10. The fraction of sp³-hybridized carbons (Fsp3) is 0.0769. The van der Waals surface area contributed by atoms with E-state index in [4.69, 9.17) is 10.9 Å². The maximum absolute atomic E-state index is 13.5. The first-order valence-electron chi connectivity index (χ1n) is 5.87. The molecular weight excluding hydrogens is 300 g/mol. The van der Waals surface area contributed by atoms with E-state index in [2.05, 4.69) is 5.32 Å². The highest BCUT2D eigenvalue weighted by molar-refractivity contribution is 7.89. The van der Waals surface area contributed by atoms with Crippen molar-refractivity contribution in [2.75, 3.05) is 11.1 Å². The molecule has 0 aliphatic carbocycles. The monoisotopic (exact) mass is 313 g/mol. The summed E-state index contributed by atoms with van der Waals surface area (Å²) < 4.78 is 49.1. The van der Waals surface area contributed by atoms with Gasteiger partial charge in [-0.3, -0.25) is 0 Å². The van der Waals surface area contributed by atoms with Gasteiger partial charge in [0.1, 0.15) is 11.6 Å². The molecule has 0 heterocycles. The number of sulfonamides is 1. The fourth-order valence-electron chi connectivity index (χ4n) is 1.73. The van der Waals surface area contributed by atoms with Crippen LogP contribution in [-0.4, -0.2) is 8.42 Å². The molecule has 0 amide bonds. The summed E-state index contributed by atoms with van der Waals surface area (Å²) in [7, 11) is -3.87. The van der Waals surface area contributed by atoms with Gasteiger partial charge in [-0.05, 0) is 36.4 Å². The number of anilines is 2. The summed E-state index contributed by atoms with van der Waals surface area (Å²) >= 11 is 0. The van der Waals surface area contributed by atoms with Crippen LogP contribution in [0.5, 0.6) is 0 Å². The maximum atomic E-state index is 13.5. The number of rotatable bonds is 4. The number of hydrogen-bond acceptors (Lipinski definition) is 4. The molecule has 2 rings (SSSR count). The van der Waals surface area contributed by atoms with Gasteiger partial charge in [-0.15, -0.1) is 0 Å². The van der Waals surface area contributed by atoms with Crippen molar-refractivity contribution in [1.29, 1.82) is 0 Å². The van der Waals surface area contributed by atoms with E-state index in [1.807, 2.05) is 0 Å². The van der Waals surface area contributed by atoms with E-state index in [1.165, 1.54) is 18.2 Å². The molecule has 2 aromatic carbocycles. The van der Waals surface area contributed by atoms with Gasteiger partial charge in [0.05, 0.1) is 16.3 Å². The van der Waals surface area contributed by atoms with E-state index in [0.717, 1.165) is 18.2 Å². The lowest BCUT2D eigenvalue weighted by atomic mass is 10.2. The average Bonchev–Trinajstić information content (AvgIpc) is 2.40. The first kappa shape index (κ1) is 15.2. The number of primary sulfonamides is 1. The second-order valence-electron chi connectivity index (χ2n) is 4.38. The van der Waals surface area contributed by atoms with E-state index in [0.29, 0.717) is 0 Å². The molecule has 5 nitrogen and oxygen atoms in total. The minimum atomic E-state index is -3.87. The molecule has 0 spiro atoms. The van der Waals surface area contributed by atoms with Crippen LogP contribution in [0.1, 0.15) is 5.56 Å². The third-order valence-corrected chi connectivity index (χ3v) is 3.74. The lowest BCUT2D eigenvalue weighted by Gasteiger charge is -2.11. The van der Waals surface area contributed by atoms with Gasteiger partial charge in [0.25, 0.3) is 0 Å². The van der Waals surface area contributed by atoms with Gasteiger partial charge in [0.15, 0.2) is 0 Å². The lowest BCUT2D eigenvalue weighted by molar-refractivity contribution is 0.587. The van der Waals surface area contributed by atoms with Crippen LogP contribution < -0.4 is 16.2 Å². The summed E-state index contributed by atoms with van der Waals surface area (Å²) in [6, 6.07) is 6.93. The first-order chi connectivity index (χ1) is 9.77. The molecule has 21 heavy (non-hydrogen) atoms. The molecule has 0 bridgehead atoms. The van der Waals surface area contributed by atoms with E-state index in [9.17, 15) is 17.2 Å². The van der Waals surface area contributed by atoms with Gasteiger partial charge in [-0.2, -0.15) is 0 Å². The van der Waals surface area contributed by atoms with E-state index >= 15 is 0 Å². The number of hydrogen-bond donors (Lipinski definition) is 3. The third kappa shape index (κ3) is 3.67. The van der Waals surface area contributed by atoms with Crippen molar-refractivity contribution < 1.29 is 17.2 Å². The van der Waals surface area contributed by atoms with Crippen molar-refractivity contribution in [3.63, 3.8) is 0 Å². The Balaban J connectivity index is 2.26. The summed E-state index contributed by atoms with van der Waals surface area (Å²) in [6.45, 7) is -0.0537. The van der Waals surface area contributed by atoms with Crippen molar-refractivity contribution in [3.8, 4) is 0 Å². The molecule has 0 aliphatic rings. The molecule has 5 N–H and O–H groups in total. The summed E-state index contributed by atoms with van der Waals surface area (Å²) in [5.41, 5.74) is 6.32. The zero-order valence-electron chi connectivity index (χ0n) is 10.8. The van der Waals surface area contributed by atoms with Crippen LogP contribution in [0.2, 0.25) is 0 Å². The van der Waals surface area contributed by atoms with E-state index in [1.54, 1.807) is 0 Å². The maximum Gasteiger partial charge on any atom is 0.238 e. The Morgan fingerprint density at radius 3 is 2.48 bits per heavy atom. The third-order valence-electron chi connectivity index (χ3n) is 2.83. The van der Waals surface area contributed by atoms with Crippen LogP contribution in [0.3, 0.4) is 0 Å². The Hall–Kier alpha value is -2.19. The Morgan fingerprint density at radius 1 is 1.10 bits per heavy atom. The van der Waals surface area contributed by atoms with E-state index < -0.39 is 21.7 Å². The van der Waals surface area contributed by atoms with Crippen molar-refractivity contribution in [2.45, 2.75) is 11.4 Å². The van der Waals surface area contributed by atoms with Crippen molar-refractivity contribution in [2.24, 2.45) is 5.14 Å². The lowest BCUT2D eigenvalue weighted by Crippen LogP contribution is -2.13. The number of nitrogens with one attached hydrogen (secondary N) is 1. The number of halogens is 2. The second kappa shape index (κ2) is 5.66. The molecule has 8 heteroatoms. The molecule has 0 aromatic heterocycles. The van der Waals surface area contributed by atoms with Crippen molar-refractivity contribution in [3.05, 3.63) is 53.6 Å². The molecule has 0 atom stereocenters. The Labute approximate surface area is 120 Å². The minimum absolute atomic E-state index is 0.0537. The Morgan fingerprint density at radius 2 is 1.81 bits per heavy atom. The zero-order chi connectivity index (χ0) is 15.6. The number of benzene rings is 2. The molecule has 0 aliphatic heterocycles. The van der Waals surface area contributed by atoms with Crippen molar-refractivity contribution >= 4 is 21.4 Å². The molecule has 0 unspecified atom stereocenters. The van der Waals surface area contributed by atoms with Crippen LogP contribution in [0, 0.1) is 11.6 Å². The van der Waals surface area contributed by atoms with Crippen LogP contribution in [0.4, 0.5) is 20.2 Å². The molecule has 0 saturated heterocycles. The highest BCUT2D eigenvalue weighted by Crippen LogP contribution is 2.23. The SMILES string of the molecule is Nc1ccc(S(N)(=O)=O)cc1NCc1cc(F)ccc1F.